The number of carbonyl (C=O) groups excluding carboxylic acids is 2. The summed E-state index contributed by atoms with van der Waals surface area (Å²) in [5.41, 5.74) is 1.06. The lowest BCUT2D eigenvalue weighted by Gasteiger charge is -2.28. The fraction of sp³-hybridized carbons (Fsp3) is 0.556. The van der Waals surface area contributed by atoms with E-state index >= 15 is 0 Å². The summed E-state index contributed by atoms with van der Waals surface area (Å²) in [4.78, 5) is 27.3. The average molecular weight is 303 g/mol. The molecule has 1 fully saturated rings. The molecule has 1 atom stereocenters. The molecule has 4 heteroatoms. The molecule has 0 saturated carbocycles. The van der Waals surface area contributed by atoms with Gasteiger partial charge in [0, 0.05) is 5.56 Å². The Bertz CT molecular complexity index is 536. The van der Waals surface area contributed by atoms with Crippen LogP contribution in [-0.4, -0.2) is 41.4 Å². The van der Waals surface area contributed by atoms with Crippen LogP contribution >= 0.6 is 0 Å². The molecule has 1 aliphatic rings. The number of likely N-dealkylation sites (tertiary alicyclic amines) is 1. The zero-order valence-electron chi connectivity index (χ0n) is 13.9. The Morgan fingerprint density at radius 2 is 1.64 bits per heavy atom. The molecule has 0 bridgehead atoms. The predicted octanol–water partition coefficient (Wildman–Crippen LogP) is 2.98. The molecule has 1 aromatic carbocycles. The lowest BCUT2D eigenvalue weighted by atomic mass is 10.0. The molecule has 0 spiro atoms. The molecule has 0 N–H and O–H groups in total. The van der Waals surface area contributed by atoms with Crippen molar-refractivity contribution < 1.29 is 14.3 Å². The van der Waals surface area contributed by atoms with Crippen molar-refractivity contribution in [1.29, 1.82) is 0 Å². The molecule has 1 heterocycles. The topological polar surface area (TPSA) is 46.6 Å². The normalized spacial score (nSPS) is 17.3. The molecule has 120 valence electrons. The summed E-state index contributed by atoms with van der Waals surface area (Å²) in [7, 11) is 0. The Morgan fingerprint density at radius 3 is 2.14 bits per heavy atom. The first-order valence-corrected chi connectivity index (χ1v) is 7.86. The van der Waals surface area contributed by atoms with Crippen molar-refractivity contribution in [2.24, 2.45) is 0 Å². The second kappa shape index (κ2) is 6.61. The highest BCUT2D eigenvalue weighted by atomic mass is 16.6. The van der Waals surface area contributed by atoms with Gasteiger partial charge in [-0.1, -0.05) is 29.8 Å². The first-order chi connectivity index (χ1) is 10.3. The summed E-state index contributed by atoms with van der Waals surface area (Å²) in [5.74, 6) is -0.615. The highest BCUT2D eigenvalue weighted by Crippen LogP contribution is 2.20. The Labute approximate surface area is 132 Å². The zero-order valence-corrected chi connectivity index (χ0v) is 13.9. The van der Waals surface area contributed by atoms with E-state index in [2.05, 4.69) is 0 Å². The van der Waals surface area contributed by atoms with Gasteiger partial charge in [-0.3, -0.25) is 9.69 Å². The number of hydrogen-bond donors (Lipinski definition) is 0. The number of aryl methyl sites for hydroxylation is 1. The number of benzene rings is 1. The number of hydrogen-bond acceptors (Lipinski definition) is 4. The van der Waals surface area contributed by atoms with Gasteiger partial charge in [-0.15, -0.1) is 0 Å². The minimum absolute atomic E-state index is 0.170. The van der Waals surface area contributed by atoms with Gasteiger partial charge in [0.1, 0.15) is 5.60 Å². The molecular formula is C18H25NO3. The van der Waals surface area contributed by atoms with E-state index in [0.29, 0.717) is 5.56 Å². The van der Waals surface area contributed by atoms with Crippen molar-refractivity contribution in [2.45, 2.75) is 52.2 Å². The summed E-state index contributed by atoms with van der Waals surface area (Å²) >= 11 is 0. The van der Waals surface area contributed by atoms with Crippen LogP contribution in [0.5, 0.6) is 0 Å². The van der Waals surface area contributed by atoms with Crippen molar-refractivity contribution >= 4 is 11.8 Å². The van der Waals surface area contributed by atoms with Crippen LogP contribution in [0.15, 0.2) is 24.3 Å². The molecule has 0 aliphatic carbocycles. The lowest BCUT2D eigenvalue weighted by molar-refractivity contribution is -0.158. The van der Waals surface area contributed by atoms with Gasteiger partial charge >= 0.3 is 5.97 Å². The third kappa shape index (κ3) is 4.17. The van der Waals surface area contributed by atoms with E-state index in [-0.39, 0.29) is 5.78 Å². The van der Waals surface area contributed by atoms with Gasteiger partial charge in [-0.2, -0.15) is 0 Å². The molecule has 1 saturated heterocycles. The van der Waals surface area contributed by atoms with E-state index in [9.17, 15) is 9.59 Å². The van der Waals surface area contributed by atoms with E-state index in [1.54, 1.807) is 12.1 Å². The lowest BCUT2D eigenvalue weighted by Crippen LogP contribution is -2.48. The van der Waals surface area contributed by atoms with Crippen LogP contribution in [0.25, 0.3) is 0 Å². The average Bonchev–Trinajstić information content (AvgIpc) is 2.91. The van der Waals surface area contributed by atoms with Crippen LogP contribution in [-0.2, 0) is 9.53 Å². The molecule has 2 rings (SSSR count). The maximum absolute atomic E-state index is 12.8. The molecule has 1 unspecified atom stereocenters. The summed E-state index contributed by atoms with van der Waals surface area (Å²) in [5, 5.41) is 0. The third-order valence-electron chi connectivity index (χ3n) is 3.72. The largest absolute Gasteiger partial charge is 0.458 e. The number of ketones is 1. The van der Waals surface area contributed by atoms with E-state index in [1.165, 1.54) is 0 Å². The second-order valence-electron chi connectivity index (χ2n) is 6.91. The van der Waals surface area contributed by atoms with Gasteiger partial charge in [0.25, 0.3) is 0 Å². The molecule has 1 aliphatic heterocycles. The quantitative estimate of drug-likeness (QED) is 0.487. The first kappa shape index (κ1) is 16.7. The first-order valence-electron chi connectivity index (χ1n) is 7.86. The maximum Gasteiger partial charge on any atom is 0.332 e. The van der Waals surface area contributed by atoms with Gasteiger partial charge in [-0.25, -0.2) is 4.79 Å². The Balaban J connectivity index is 2.25. The van der Waals surface area contributed by atoms with Crippen molar-refractivity contribution in [3.8, 4) is 0 Å². The highest BCUT2D eigenvalue weighted by Gasteiger charge is 2.37. The Hall–Kier alpha value is -1.68. The number of carbonyl (C=O) groups is 2. The molecule has 4 nitrogen and oxygen atoms in total. The van der Waals surface area contributed by atoms with Crippen molar-refractivity contribution in [3.63, 3.8) is 0 Å². The van der Waals surface area contributed by atoms with Crippen LogP contribution in [0.2, 0.25) is 0 Å². The number of Topliss-reactive ketones (excluding diaryl/α,β-unsaturated/α-hetero) is 1. The summed E-state index contributed by atoms with van der Waals surface area (Å²) in [6.07, 6.45) is 2.03. The van der Waals surface area contributed by atoms with E-state index in [4.69, 9.17) is 4.74 Å². The summed E-state index contributed by atoms with van der Waals surface area (Å²) in [6.45, 7) is 8.97. The fourth-order valence-electron chi connectivity index (χ4n) is 2.66. The van der Waals surface area contributed by atoms with E-state index in [1.807, 2.05) is 44.7 Å². The van der Waals surface area contributed by atoms with Gasteiger partial charge in [0.2, 0.25) is 0 Å². The van der Waals surface area contributed by atoms with Gasteiger partial charge < -0.3 is 4.74 Å². The van der Waals surface area contributed by atoms with Crippen LogP contribution in [0, 0.1) is 6.92 Å². The highest BCUT2D eigenvalue weighted by molar-refractivity contribution is 6.12. The van der Waals surface area contributed by atoms with Crippen molar-refractivity contribution in [1.82, 2.24) is 4.90 Å². The predicted molar refractivity (Wildman–Crippen MR) is 85.9 cm³/mol. The minimum Gasteiger partial charge on any atom is -0.458 e. The SMILES string of the molecule is Cc1ccc(C(=O)C(C(=O)OC(C)(C)C)N2CCCC2)cc1. The number of rotatable bonds is 4. The summed E-state index contributed by atoms with van der Waals surface area (Å²) in [6, 6.07) is 6.52. The standard InChI is InChI=1S/C18H25NO3/c1-13-7-9-14(10-8-13)16(20)15(19-11-5-6-12-19)17(21)22-18(2,3)4/h7-10,15H,5-6,11-12H2,1-4H3. The maximum atomic E-state index is 12.8. The van der Waals surface area contributed by atoms with Gasteiger partial charge in [-0.05, 0) is 53.6 Å². The van der Waals surface area contributed by atoms with Crippen LogP contribution in [0.4, 0.5) is 0 Å². The van der Waals surface area contributed by atoms with Crippen molar-refractivity contribution in [2.75, 3.05) is 13.1 Å². The van der Waals surface area contributed by atoms with Gasteiger partial charge in [0.15, 0.2) is 11.8 Å². The Morgan fingerprint density at radius 1 is 1.09 bits per heavy atom. The smallest absolute Gasteiger partial charge is 0.332 e. The number of esters is 1. The number of ether oxygens (including phenoxy) is 1. The molecule has 0 radical (unpaired) electrons. The molecule has 0 aromatic heterocycles. The van der Waals surface area contributed by atoms with Crippen molar-refractivity contribution in [3.05, 3.63) is 35.4 Å². The monoisotopic (exact) mass is 303 g/mol. The molecule has 1 aromatic rings. The number of nitrogens with zero attached hydrogens (tertiary/aromatic N) is 1. The van der Waals surface area contributed by atoms with Crippen LogP contribution < -0.4 is 0 Å². The Kier molecular flexibility index (Phi) is 5.01. The second-order valence-corrected chi connectivity index (χ2v) is 6.91. The zero-order chi connectivity index (χ0) is 16.3. The van der Waals surface area contributed by atoms with E-state index < -0.39 is 17.6 Å². The third-order valence-corrected chi connectivity index (χ3v) is 3.72. The molecular weight excluding hydrogens is 278 g/mol. The molecule has 0 amide bonds. The van der Waals surface area contributed by atoms with Gasteiger partial charge in [0.05, 0.1) is 0 Å². The van der Waals surface area contributed by atoms with Crippen LogP contribution in [0.1, 0.15) is 49.5 Å². The summed E-state index contributed by atoms with van der Waals surface area (Å²) < 4.78 is 5.48. The van der Waals surface area contributed by atoms with E-state index in [0.717, 1.165) is 31.5 Å². The molecule has 22 heavy (non-hydrogen) atoms. The van der Waals surface area contributed by atoms with Crippen LogP contribution in [0.3, 0.4) is 0 Å². The minimum atomic E-state index is -0.829. The fourth-order valence-corrected chi connectivity index (χ4v) is 2.66.